The van der Waals surface area contributed by atoms with E-state index in [0.29, 0.717) is 0 Å². The van der Waals surface area contributed by atoms with E-state index in [1.807, 2.05) is 0 Å². The Morgan fingerprint density at radius 2 is 0.586 bits per heavy atom. The van der Waals surface area contributed by atoms with Gasteiger partial charge in [0.05, 0.1) is 0 Å². The molecule has 0 saturated heterocycles. The molecule has 4 rings (SSSR count). The third kappa shape index (κ3) is 4.45. The molecular weight excluding hydrogens is 474 g/mol. The molecule has 0 N–H and O–H groups in total. The summed E-state index contributed by atoms with van der Waals surface area (Å²) in [4.78, 5) is 0. The zero-order valence-electron chi connectivity index (χ0n) is 16.9. The van der Waals surface area contributed by atoms with Crippen molar-refractivity contribution in [2.45, 2.75) is 16.8 Å². The van der Waals surface area contributed by atoms with E-state index in [9.17, 15) is 0 Å². The maximum atomic E-state index is 2.55. The van der Waals surface area contributed by atoms with Gasteiger partial charge in [0.15, 0.2) is 0 Å². The minimum atomic E-state index is -1.58. The van der Waals surface area contributed by atoms with E-state index in [4.69, 9.17) is 0 Å². The van der Waals surface area contributed by atoms with Gasteiger partial charge in [0, 0.05) is 0 Å². The van der Waals surface area contributed by atoms with Crippen LogP contribution in [0.15, 0.2) is 121 Å². The van der Waals surface area contributed by atoms with Crippen molar-refractivity contribution < 1.29 is 0 Å². The van der Waals surface area contributed by atoms with Gasteiger partial charge in [0.25, 0.3) is 0 Å². The van der Waals surface area contributed by atoms with Gasteiger partial charge >= 0.3 is 185 Å². The Hall–Kier alpha value is -2.00. The molecule has 0 unspecified atom stereocenters. The normalized spacial score (nSPS) is 11.7. The van der Waals surface area contributed by atoms with Crippen molar-refractivity contribution >= 4 is 46.7 Å². The molecule has 0 fully saturated rings. The maximum absolute atomic E-state index is 2.55. The second-order valence-corrected chi connectivity index (χ2v) is 21.0. The summed E-state index contributed by atoms with van der Waals surface area (Å²) in [5.74, 6) is 0. The van der Waals surface area contributed by atoms with Crippen LogP contribution in [-0.4, -0.2) is 29.3 Å². The molecule has 2 heteroatoms. The van der Waals surface area contributed by atoms with Gasteiger partial charge in [-0.3, -0.25) is 0 Å². The van der Waals surface area contributed by atoms with Crippen LogP contribution in [-0.2, 0) is 0 Å². The summed E-state index contributed by atoms with van der Waals surface area (Å²) >= 11 is -3.17. The Balaban J connectivity index is 1.91. The first kappa shape index (κ1) is 20.3. The van der Waals surface area contributed by atoms with Gasteiger partial charge in [0.2, 0.25) is 0 Å². The van der Waals surface area contributed by atoms with E-state index in [1.165, 1.54) is 0 Å². The van der Waals surface area contributed by atoms with Crippen molar-refractivity contribution in [1.82, 2.24) is 0 Å². The van der Waals surface area contributed by atoms with Crippen LogP contribution in [0.2, 0.25) is 2.99 Å². The van der Waals surface area contributed by atoms with E-state index in [2.05, 4.69) is 135 Å². The molecule has 0 radical (unpaired) electrons. The molecular formula is C27H26As2. The summed E-state index contributed by atoms with van der Waals surface area (Å²) in [7, 11) is 0. The summed E-state index contributed by atoms with van der Waals surface area (Å²) in [6, 6.07) is 45.1. The van der Waals surface area contributed by atoms with Crippen LogP contribution < -0.4 is 17.4 Å². The van der Waals surface area contributed by atoms with Crippen molar-refractivity contribution in [2.24, 2.45) is 0 Å². The van der Waals surface area contributed by atoms with Crippen molar-refractivity contribution in [2.75, 3.05) is 0 Å². The van der Waals surface area contributed by atoms with Crippen LogP contribution >= 0.6 is 0 Å². The predicted molar refractivity (Wildman–Crippen MR) is 130 cm³/mol. The molecule has 0 heterocycles. The Bertz CT molecular complexity index is 849. The van der Waals surface area contributed by atoms with Gasteiger partial charge < -0.3 is 0 Å². The Morgan fingerprint density at radius 3 is 0.793 bits per heavy atom. The van der Waals surface area contributed by atoms with Crippen molar-refractivity contribution in [1.29, 1.82) is 0 Å². The molecule has 0 amide bonds. The quantitative estimate of drug-likeness (QED) is 0.352. The van der Waals surface area contributed by atoms with Gasteiger partial charge in [-0.25, -0.2) is 0 Å². The Kier molecular flexibility index (Phi) is 6.44. The molecule has 0 bridgehead atoms. The summed E-state index contributed by atoms with van der Waals surface area (Å²) in [6.45, 7) is 5.10. The van der Waals surface area contributed by atoms with Gasteiger partial charge in [-0.1, -0.05) is 0 Å². The van der Waals surface area contributed by atoms with Crippen molar-refractivity contribution in [3.8, 4) is 0 Å². The average Bonchev–Trinajstić information content (AvgIpc) is 2.77. The van der Waals surface area contributed by atoms with Crippen LogP contribution in [0.4, 0.5) is 0 Å². The van der Waals surface area contributed by atoms with Crippen molar-refractivity contribution in [3.05, 3.63) is 121 Å². The van der Waals surface area contributed by atoms with Crippen LogP contribution in [0.3, 0.4) is 0 Å². The third-order valence-corrected chi connectivity index (χ3v) is 20.9. The zero-order chi connectivity index (χ0) is 20.1. The third-order valence-electron chi connectivity index (χ3n) is 5.15. The molecule has 0 nitrogen and oxygen atoms in total. The van der Waals surface area contributed by atoms with Gasteiger partial charge in [0.1, 0.15) is 0 Å². The SMILES string of the molecule is CC(C)([As](c1ccccc1)c1ccccc1)[As](c1ccccc1)c1ccccc1. The molecule has 0 aliphatic rings. The predicted octanol–water partition coefficient (Wildman–Crippen LogP) is 3.92. The molecule has 0 saturated carbocycles. The number of benzene rings is 4. The summed E-state index contributed by atoms with van der Waals surface area (Å²) in [5, 5.41) is 0. The fraction of sp³-hybridized carbons (Fsp3) is 0.111. The summed E-state index contributed by atoms with van der Waals surface area (Å²) in [5.41, 5.74) is 0. The fourth-order valence-corrected chi connectivity index (χ4v) is 22.1. The molecule has 4 aromatic rings. The Labute approximate surface area is 184 Å². The monoisotopic (exact) mass is 500 g/mol. The number of hydrogen-bond donors (Lipinski definition) is 0. The Morgan fingerprint density at radius 1 is 0.379 bits per heavy atom. The number of hydrogen-bond acceptors (Lipinski definition) is 0. The van der Waals surface area contributed by atoms with E-state index in [1.54, 1.807) is 17.4 Å². The zero-order valence-corrected chi connectivity index (χ0v) is 20.7. The van der Waals surface area contributed by atoms with E-state index < -0.39 is 29.3 Å². The fourth-order valence-electron chi connectivity index (χ4n) is 3.97. The van der Waals surface area contributed by atoms with Gasteiger partial charge in [-0.05, 0) is 0 Å². The van der Waals surface area contributed by atoms with Crippen molar-refractivity contribution in [3.63, 3.8) is 0 Å². The van der Waals surface area contributed by atoms with Gasteiger partial charge in [-0.15, -0.1) is 0 Å². The molecule has 0 spiro atoms. The minimum absolute atomic E-state index is 0.241. The molecule has 0 aliphatic heterocycles. The van der Waals surface area contributed by atoms with Crippen LogP contribution in [0.5, 0.6) is 0 Å². The van der Waals surface area contributed by atoms with E-state index >= 15 is 0 Å². The standard InChI is InChI=1S/C27H26As2/c1-27(2,28(23-15-7-3-8-16-23)24-17-9-4-10-18-24)29(25-19-11-5-12-20-25)26-21-13-6-14-22-26/h3-22H,1-2H3. The number of rotatable bonds is 6. The van der Waals surface area contributed by atoms with E-state index in [-0.39, 0.29) is 2.99 Å². The first-order valence-corrected chi connectivity index (χ1v) is 15.6. The summed E-state index contributed by atoms with van der Waals surface area (Å²) < 4.78 is 6.42. The average molecular weight is 500 g/mol. The summed E-state index contributed by atoms with van der Waals surface area (Å²) in [6.07, 6.45) is 0. The van der Waals surface area contributed by atoms with Gasteiger partial charge in [-0.2, -0.15) is 0 Å². The molecule has 144 valence electrons. The molecule has 0 aromatic heterocycles. The van der Waals surface area contributed by atoms with Crippen LogP contribution in [0.1, 0.15) is 13.8 Å². The topological polar surface area (TPSA) is 0 Å². The van der Waals surface area contributed by atoms with E-state index in [0.717, 1.165) is 0 Å². The first-order valence-electron chi connectivity index (χ1n) is 9.98. The first-order chi connectivity index (χ1) is 14.2. The molecule has 4 aromatic carbocycles. The molecule has 0 atom stereocenters. The van der Waals surface area contributed by atoms with Crippen LogP contribution in [0.25, 0.3) is 0 Å². The molecule has 29 heavy (non-hydrogen) atoms. The second-order valence-electron chi connectivity index (χ2n) is 7.51. The van der Waals surface area contributed by atoms with Crippen LogP contribution in [0, 0.1) is 0 Å². The molecule has 0 aliphatic carbocycles. The second kappa shape index (κ2) is 9.21.